The van der Waals surface area contributed by atoms with E-state index in [2.05, 4.69) is 13.8 Å². The van der Waals surface area contributed by atoms with Gasteiger partial charge in [0.2, 0.25) is 0 Å². The standard InChI is InChI=1S/C14H21NO2/c1-11(2)8-9-16-13-4-6-14(7-5-13)17-12(3)10-15/h4-8,12H,9-10,15H2,1-3H3. The maximum Gasteiger partial charge on any atom is 0.120 e. The number of hydrogen-bond donors (Lipinski definition) is 1. The van der Waals surface area contributed by atoms with Crippen molar-refractivity contribution in [1.82, 2.24) is 0 Å². The van der Waals surface area contributed by atoms with Gasteiger partial charge in [-0.2, -0.15) is 0 Å². The summed E-state index contributed by atoms with van der Waals surface area (Å²) in [5, 5.41) is 0. The smallest absolute Gasteiger partial charge is 0.120 e. The van der Waals surface area contributed by atoms with Crippen molar-refractivity contribution < 1.29 is 9.47 Å². The van der Waals surface area contributed by atoms with Gasteiger partial charge in [0.25, 0.3) is 0 Å². The van der Waals surface area contributed by atoms with Crippen LogP contribution in [-0.2, 0) is 0 Å². The molecule has 3 heteroatoms. The number of nitrogens with two attached hydrogens (primary N) is 1. The number of allylic oxidation sites excluding steroid dienone is 1. The lowest BCUT2D eigenvalue weighted by Crippen LogP contribution is -2.22. The molecule has 1 aromatic rings. The Kier molecular flexibility index (Phi) is 5.57. The fourth-order valence-electron chi connectivity index (χ4n) is 1.20. The zero-order valence-electron chi connectivity index (χ0n) is 10.8. The first-order valence-corrected chi connectivity index (χ1v) is 5.84. The first kappa shape index (κ1) is 13.6. The Hall–Kier alpha value is -1.48. The summed E-state index contributed by atoms with van der Waals surface area (Å²) in [5.41, 5.74) is 6.74. The van der Waals surface area contributed by atoms with E-state index in [-0.39, 0.29) is 6.10 Å². The molecule has 0 heterocycles. The summed E-state index contributed by atoms with van der Waals surface area (Å²) < 4.78 is 11.1. The minimum Gasteiger partial charge on any atom is -0.490 e. The first-order valence-electron chi connectivity index (χ1n) is 5.84. The van der Waals surface area contributed by atoms with Crippen LogP contribution in [0.15, 0.2) is 35.9 Å². The van der Waals surface area contributed by atoms with Crippen LogP contribution < -0.4 is 15.2 Å². The highest BCUT2D eigenvalue weighted by atomic mass is 16.5. The van der Waals surface area contributed by atoms with Crippen LogP contribution in [0, 0.1) is 0 Å². The summed E-state index contributed by atoms with van der Waals surface area (Å²) in [7, 11) is 0. The van der Waals surface area contributed by atoms with Gasteiger partial charge in [-0.25, -0.2) is 0 Å². The zero-order valence-corrected chi connectivity index (χ0v) is 10.8. The fraction of sp³-hybridized carbons (Fsp3) is 0.429. The molecular formula is C14H21NO2. The van der Waals surface area contributed by atoms with Gasteiger partial charge in [-0.3, -0.25) is 0 Å². The summed E-state index contributed by atoms with van der Waals surface area (Å²) in [6.07, 6.45) is 2.08. The molecule has 1 aromatic carbocycles. The summed E-state index contributed by atoms with van der Waals surface area (Å²) in [4.78, 5) is 0. The van der Waals surface area contributed by atoms with Crippen LogP contribution in [0.2, 0.25) is 0 Å². The largest absolute Gasteiger partial charge is 0.490 e. The van der Waals surface area contributed by atoms with Crippen molar-refractivity contribution in [2.75, 3.05) is 13.2 Å². The van der Waals surface area contributed by atoms with E-state index in [0.717, 1.165) is 11.5 Å². The minimum atomic E-state index is 0.0347. The van der Waals surface area contributed by atoms with Gasteiger partial charge >= 0.3 is 0 Å². The molecule has 1 unspecified atom stereocenters. The number of benzene rings is 1. The molecule has 1 rings (SSSR count). The third-order valence-corrected chi connectivity index (χ3v) is 2.23. The zero-order chi connectivity index (χ0) is 12.7. The highest BCUT2D eigenvalue weighted by Gasteiger charge is 2.01. The van der Waals surface area contributed by atoms with Gasteiger partial charge in [-0.1, -0.05) is 5.57 Å². The van der Waals surface area contributed by atoms with Crippen LogP contribution in [0.4, 0.5) is 0 Å². The molecule has 0 amide bonds. The Morgan fingerprint density at radius 3 is 2.35 bits per heavy atom. The van der Waals surface area contributed by atoms with E-state index in [1.165, 1.54) is 5.57 Å². The summed E-state index contributed by atoms with van der Waals surface area (Å²) >= 11 is 0. The second-order valence-corrected chi connectivity index (χ2v) is 4.23. The number of rotatable bonds is 6. The van der Waals surface area contributed by atoms with Gasteiger partial charge in [-0.05, 0) is 51.1 Å². The lowest BCUT2D eigenvalue weighted by Gasteiger charge is -2.12. The lowest BCUT2D eigenvalue weighted by molar-refractivity contribution is 0.229. The van der Waals surface area contributed by atoms with Crippen molar-refractivity contribution in [3.8, 4) is 11.5 Å². The molecule has 0 radical (unpaired) electrons. The third kappa shape index (κ3) is 5.41. The van der Waals surface area contributed by atoms with Crippen LogP contribution in [0.25, 0.3) is 0 Å². The van der Waals surface area contributed by atoms with E-state index in [4.69, 9.17) is 15.2 Å². The number of ether oxygens (including phenoxy) is 2. The van der Waals surface area contributed by atoms with Crippen molar-refractivity contribution in [3.63, 3.8) is 0 Å². The van der Waals surface area contributed by atoms with Crippen molar-refractivity contribution in [2.45, 2.75) is 26.9 Å². The quantitative estimate of drug-likeness (QED) is 0.771. The third-order valence-electron chi connectivity index (χ3n) is 2.23. The molecule has 0 aromatic heterocycles. The van der Waals surface area contributed by atoms with Crippen LogP contribution in [0.5, 0.6) is 11.5 Å². The van der Waals surface area contributed by atoms with E-state index >= 15 is 0 Å². The summed E-state index contributed by atoms with van der Waals surface area (Å²) in [5.74, 6) is 1.66. The topological polar surface area (TPSA) is 44.5 Å². The number of hydrogen-bond acceptors (Lipinski definition) is 3. The average molecular weight is 235 g/mol. The summed E-state index contributed by atoms with van der Waals surface area (Å²) in [6, 6.07) is 7.59. The molecule has 0 aliphatic rings. The van der Waals surface area contributed by atoms with Crippen LogP contribution >= 0.6 is 0 Å². The molecular weight excluding hydrogens is 214 g/mol. The molecule has 3 nitrogen and oxygen atoms in total. The van der Waals surface area contributed by atoms with Gasteiger partial charge in [0.15, 0.2) is 0 Å². The highest BCUT2D eigenvalue weighted by molar-refractivity contribution is 5.31. The Labute approximate surface area is 103 Å². The molecule has 0 fully saturated rings. The van der Waals surface area contributed by atoms with Crippen molar-refractivity contribution in [1.29, 1.82) is 0 Å². The molecule has 94 valence electrons. The molecule has 0 aliphatic carbocycles. The SMILES string of the molecule is CC(C)=CCOc1ccc(OC(C)CN)cc1. The van der Waals surface area contributed by atoms with Gasteiger partial charge < -0.3 is 15.2 Å². The Morgan fingerprint density at radius 2 is 1.82 bits per heavy atom. The van der Waals surface area contributed by atoms with Gasteiger partial charge in [0, 0.05) is 6.54 Å². The van der Waals surface area contributed by atoms with Gasteiger partial charge in [-0.15, -0.1) is 0 Å². The van der Waals surface area contributed by atoms with Crippen LogP contribution in [0.1, 0.15) is 20.8 Å². The second-order valence-electron chi connectivity index (χ2n) is 4.23. The molecule has 1 atom stereocenters. The van der Waals surface area contributed by atoms with E-state index in [1.54, 1.807) is 0 Å². The predicted molar refractivity (Wildman–Crippen MR) is 70.5 cm³/mol. The average Bonchev–Trinajstić information content (AvgIpc) is 2.31. The Bertz CT molecular complexity index is 353. The highest BCUT2D eigenvalue weighted by Crippen LogP contribution is 2.18. The summed E-state index contributed by atoms with van der Waals surface area (Å²) in [6.45, 7) is 7.16. The lowest BCUT2D eigenvalue weighted by atomic mass is 10.3. The predicted octanol–water partition coefficient (Wildman–Crippen LogP) is 2.76. The monoisotopic (exact) mass is 235 g/mol. The van der Waals surface area contributed by atoms with E-state index < -0.39 is 0 Å². The minimum absolute atomic E-state index is 0.0347. The van der Waals surface area contributed by atoms with Crippen LogP contribution in [0.3, 0.4) is 0 Å². The van der Waals surface area contributed by atoms with E-state index in [0.29, 0.717) is 13.2 Å². The Morgan fingerprint density at radius 1 is 1.24 bits per heavy atom. The Balaban J connectivity index is 2.47. The molecule has 17 heavy (non-hydrogen) atoms. The second kappa shape index (κ2) is 6.97. The van der Waals surface area contributed by atoms with Crippen molar-refractivity contribution in [3.05, 3.63) is 35.9 Å². The van der Waals surface area contributed by atoms with Crippen LogP contribution in [-0.4, -0.2) is 19.3 Å². The van der Waals surface area contributed by atoms with Crippen molar-refractivity contribution in [2.24, 2.45) is 5.73 Å². The molecule has 0 aliphatic heterocycles. The van der Waals surface area contributed by atoms with Gasteiger partial charge in [0.05, 0.1) is 0 Å². The molecule has 0 saturated heterocycles. The van der Waals surface area contributed by atoms with Crippen molar-refractivity contribution >= 4 is 0 Å². The normalized spacial score (nSPS) is 11.8. The maximum atomic E-state index is 5.57. The molecule has 0 bridgehead atoms. The van der Waals surface area contributed by atoms with E-state index in [9.17, 15) is 0 Å². The maximum absolute atomic E-state index is 5.57. The fourth-order valence-corrected chi connectivity index (χ4v) is 1.20. The first-order chi connectivity index (χ1) is 8.11. The molecule has 0 spiro atoms. The van der Waals surface area contributed by atoms with E-state index in [1.807, 2.05) is 37.3 Å². The van der Waals surface area contributed by atoms with Gasteiger partial charge in [0.1, 0.15) is 24.2 Å². The molecule has 2 N–H and O–H groups in total. The molecule has 0 saturated carbocycles.